The predicted octanol–water partition coefficient (Wildman–Crippen LogP) is 2.95. The van der Waals surface area contributed by atoms with Crippen molar-refractivity contribution in [1.29, 1.82) is 0 Å². The van der Waals surface area contributed by atoms with Crippen molar-refractivity contribution in [2.45, 2.75) is 46.5 Å². The number of carbonyl (C=O) groups is 1. The molecule has 0 aliphatic heterocycles. The summed E-state index contributed by atoms with van der Waals surface area (Å²) in [6.07, 6.45) is 3.54. The van der Waals surface area contributed by atoms with Gasteiger partial charge in [0.05, 0.1) is 0 Å². The van der Waals surface area contributed by atoms with E-state index in [1.54, 1.807) is 0 Å². The van der Waals surface area contributed by atoms with E-state index in [4.69, 9.17) is 11.6 Å². The van der Waals surface area contributed by atoms with E-state index < -0.39 is 0 Å². The van der Waals surface area contributed by atoms with Gasteiger partial charge in [-0.2, -0.15) is 0 Å². The van der Waals surface area contributed by atoms with Crippen LogP contribution in [-0.2, 0) is 4.79 Å². The third-order valence-corrected chi connectivity index (χ3v) is 3.49. The zero-order valence-electron chi connectivity index (χ0n) is 9.53. The fourth-order valence-corrected chi connectivity index (χ4v) is 1.81. The second kappa shape index (κ2) is 7.10. The lowest BCUT2D eigenvalue weighted by Gasteiger charge is -2.29. The van der Waals surface area contributed by atoms with Crippen molar-refractivity contribution in [3.63, 3.8) is 0 Å². The SMILES string of the molecule is CCCC(=O)NCC(CC)(CC)CCl. The number of alkyl halides is 1. The summed E-state index contributed by atoms with van der Waals surface area (Å²) in [5, 5.41) is 2.95. The zero-order valence-corrected chi connectivity index (χ0v) is 10.3. The van der Waals surface area contributed by atoms with Crippen molar-refractivity contribution in [1.82, 2.24) is 5.32 Å². The summed E-state index contributed by atoms with van der Waals surface area (Å²) in [7, 11) is 0. The Balaban J connectivity index is 3.99. The molecule has 0 aromatic heterocycles. The molecule has 0 spiro atoms. The average molecular weight is 220 g/mol. The molecule has 0 unspecified atom stereocenters. The molecule has 1 amide bonds. The first-order valence-corrected chi connectivity index (χ1v) is 6.00. The van der Waals surface area contributed by atoms with Crippen molar-refractivity contribution < 1.29 is 4.79 Å². The van der Waals surface area contributed by atoms with Crippen LogP contribution >= 0.6 is 11.6 Å². The summed E-state index contributed by atoms with van der Waals surface area (Å²) in [6.45, 7) is 6.96. The molecular weight excluding hydrogens is 198 g/mol. The number of nitrogens with one attached hydrogen (secondary N) is 1. The third-order valence-electron chi connectivity index (χ3n) is 2.92. The molecule has 0 saturated heterocycles. The Morgan fingerprint density at radius 3 is 2.21 bits per heavy atom. The van der Waals surface area contributed by atoms with E-state index in [0.717, 1.165) is 19.3 Å². The first kappa shape index (κ1) is 13.8. The molecule has 84 valence electrons. The van der Waals surface area contributed by atoms with Gasteiger partial charge in [-0.3, -0.25) is 4.79 Å². The second-order valence-electron chi connectivity index (χ2n) is 3.87. The maximum absolute atomic E-state index is 11.3. The van der Waals surface area contributed by atoms with Crippen molar-refractivity contribution in [3.05, 3.63) is 0 Å². The van der Waals surface area contributed by atoms with Gasteiger partial charge < -0.3 is 5.32 Å². The zero-order chi connectivity index (χ0) is 11.0. The number of halogens is 1. The highest BCUT2D eigenvalue weighted by Gasteiger charge is 2.25. The molecule has 0 atom stereocenters. The molecule has 0 heterocycles. The first-order valence-electron chi connectivity index (χ1n) is 5.46. The molecule has 3 heteroatoms. The van der Waals surface area contributed by atoms with Crippen LogP contribution in [0.4, 0.5) is 0 Å². The molecule has 0 aliphatic rings. The van der Waals surface area contributed by atoms with Gasteiger partial charge in [-0.15, -0.1) is 11.6 Å². The fourth-order valence-electron chi connectivity index (χ4n) is 1.34. The van der Waals surface area contributed by atoms with Crippen LogP contribution in [0.3, 0.4) is 0 Å². The van der Waals surface area contributed by atoms with Crippen LogP contribution in [0.5, 0.6) is 0 Å². The Labute approximate surface area is 92.4 Å². The Hall–Kier alpha value is -0.240. The lowest BCUT2D eigenvalue weighted by atomic mass is 9.84. The standard InChI is InChI=1S/C11H22ClNO/c1-4-7-10(14)13-9-11(5-2,6-3)8-12/h4-9H2,1-3H3,(H,13,14). The summed E-state index contributed by atoms with van der Waals surface area (Å²) in [4.78, 5) is 11.3. The summed E-state index contributed by atoms with van der Waals surface area (Å²) in [6, 6.07) is 0. The maximum Gasteiger partial charge on any atom is 0.220 e. The van der Waals surface area contributed by atoms with Crippen LogP contribution in [0.15, 0.2) is 0 Å². The molecule has 0 fully saturated rings. The minimum atomic E-state index is 0.0883. The van der Waals surface area contributed by atoms with Crippen LogP contribution in [0.1, 0.15) is 46.5 Å². The molecule has 0 saturated carbocycles. The molecule has 2 nitrogen and oxygen atoms in total. The van der Waals surface area contributed by atoms with Gasteiger partial charge in [-0.1, -0.05) is 20.8 Å². The van der Waals surface area contributed by atoms with Crippen LogP contribution in [0.2, 0.25) is 0 Å². The lowest BCUT2D eigenvalue weighted by Crippen LogP contribution is -2.38. The molecule has 1 N–H and O–H groups in total. The number of hydrogen-bond acceptors (Lipinski definition) is 1. The molecular formula is C11H22ClNO. The van der Waals surface area contributed by atoms with Crippen molar-refractivity contribution in [2.24, 2.45) is 5.41 Å². The van der Waals surface area contributed by atoms with Crippen LogP contribution in [-0.4, -0.2) is 18.3 Å². The molecule has 0 bridgehead atoms. The second-order valence-corrected chi connectivity index (χ2v) is 4.13. The summed E-state index contributed by atoms with van der Waals surface area (Å²) < 4.78 is 0. The van der Waals surface area contributed by atoms with E-state index in [-0.39, 0.29) is 11.3 Å². The van der Waals surface area contributed by atoms with Gasteiger partial charge in [0.1, 0.15) is 0 Å². The highest BCUT2D eigenvalue weighted by atomic mass is 35.5. The third kappa shape index (κ3) is 4.32. The molecule has 0 radical (unpaired) electrons. The highest BCUT2D eigenvalue weighted by molar-refractivity contribution is 6.18. The number of rotatable bonds is 7. The molecule has 0 aromatic carbocycles. The van der Waals surface area contributed by atoms with Crippen LogP contribution in [0.25, 0.3) is 0 Å². The lowest BCUT2D eigenvalue weighted by molar-refractivity contribution is -0.121. The van der Waals surface area contributed by atoms with Gasteiger partial charge in [-0.05, 0) is 19.3 Å². The topological polar surface area (TPSA) is 29.1 Å². The van der Waals surface area contributed by atoms with E-state index in [2.05, 4.69) is 19.2 Å². The Bertz CT molecular complexity index is 158. The summed E-state index contributed by atoms with van der Waals surface area (Å²) >= 11 is 5.93. The number of carbonyl (C=O) groups excluding carboxylic acids is 1. The normalized spacial score (nSPS) is 11.4. The van der Waals surface area contributed by atoms with Gasteiger partial charge in [0.2, 0.25) is 5.91 Å². The monoisotopic (exact) mass is 219 g/mol. The van der Waals surface area contributed by atoms with E-state index in [1.165, 1.54) is 0 Å². The predicted molar refractivity (Wildman–Crippen MR) is 61.7 cm³/mol. The van der Waals surface area contributed by atoms with Gasteiger partial charge in [0, 0.05) is 24.3 Å². The molecule has 0 aliphatic carbocycles. The van der Waals surface area contributed by atoms with Crippen molar-refractivity contribution >= 4 is 17.5 Å². The average Bonchev–Trinajstić information content (AvgIpc) is 2.21. The van der Waals surface area contributed by atoms with E-state index >= 15 is 0 Å². The Kier molecular flexibility index (Phi) is 6.98. The Morgan fingerprint density at radius 2 is 1.86 bits per heavy atom. The van der Waals surface area contributed by atoms with E-state index in [0.29, 0.717) is 18.8 Å². The minimum Gasteiger partial charge on any atom is -0.356 e. The largest absolute Gasteiger partial charge is 0.356 e. The Morgan fingerprint density at radius 1 is 1.29 bits per heavy atom. The molecule has 14 heavy (non-hydrogen) atoms. The van der Waals surface area contributed by atoms with Crippen LogP contribution < -0.4 is 5.32 Å². The van der Waals surface area contributed by atoms with Gasteiger partial charge in [0.15, 0.2) is 0 Å². The van der Waals surface area contributed by atoms with Crippen molar-refractivity contribution in [2.75, 3.05) is 12.4 Å². The quantitative estimate of drug-likeness (QED) is 0.656. The summed E-state index contributed by atoms with van der Waals surface area (Å²) in [5.74, 6) is 0.760. The maximum atomic E-state index is 11.3. The first-order chi connectivity index (χ1) is 6.64. The van der Waals surface area contributed by atoms with Crippen molar-refractivity contribution in [3.8, 4) is 0 Å². The highest BCUT2D eigenvalue weighted by Crippen LogP contribution is 2.26. The van der Waals surface area contributed by atoms with Crippen LogP contribution in [0, 0.1) is 5.41 Å². The van der Waals surface area contributed by atoms with Gasteiger partial charge >= 0.3 is 0 Å². The van der Waals surface area contributed by atoms with Gasteiger partial charge in [0.25, 0.3) is 0 Å². The molecule has 0 rings (SSSR count). The van der Waals surface area contributed by atoms with Gasteiger partial charge in [-0.25, -0.2) is 0 Å². The van der Waals surface area contributed by atoms with E-state index in [9.17, 15) is 4.79 Å². The summed E-state index contributed by atoms with van der Waals surface area (Å²) in [5.41, 5.74) is 0.0883. The number of hydrogen-bond donors (Lipinski definition) is 1. The minimum absolute atomic E-state index is 0.0883. The fraction of sp³-hybridized carbons (Fsp3) is 0.909. The molecule has 0 aromatic rings. The van der Waals surface area contributed by atoms with E-state index in [1.807, 2.05) is 6.92 Å². The smallest absolute Gasteiger partial charge is 0.220 e. The number of amides is 1.